The molecule has 0 N–H and O–H groups in total. The van der Waals surface area contributed by atoms with Crippen molar-refractivity contribution in [3.63, 3.8) is 0 Å². The summed E-state index contributed by atoms with van der Waals surface area (Å²) in [5, 5.41) is 0. The van der Waals surface area contributed by atoms with E-state index in [4.69, 9.17) is 0 Å². The Labute approximate surface area is 41.4 Å². The summed E-state index contributed by atoms with van der Waals surface area (Å²) in [5.74, 6) is 0. The van der Waals surface area contributed by atoms with E-state index in [9.17, 15) is 4.79 Å². The summed E-state index contributed by atoms with van der Waals surface area (Å²) in [5.41, 5.74) is 0. The number of hydrogen-bond donors (Lipinski definition) is 0. The second-order valence-electron chi connectivity index (χ2n) is 0.455. The second kappa shape index (κ2) is 3.61. The van der Waals surface area contributed by atoms with Crippen LogP contribution < -0.4 is 0 Å². The molecule has 2 heteroatoms. The normalized spacial score (nSPS) is 6.50. The number of hydrogen-bond acceptors (Lipinski definition) is 1. The van der Waals surface area contributed by atoms with Crippen LogP contribution in [0.25, 0.3) is 0 Å². The molecule has 1 nitrogen and oxygen atoms in total. The first-order valence-corrected chi connectivity index (χ1v) is 5.03. The van der Waals surface area contributed by atoms with Gasteiger partial charge in [0.25, 0.3) is 0 Å². The van der Waals surface area contributed by atoms with Crippen LogP contribution in [0, 0.1) is 0 Å². The van der Waals surface area contributed by atoms with Crippen molar-refractivity contribution in [2.45, 2.75) is 3.93 Å². The van der Waals surface area contributed by atoms with Crippen LogP contribution in [-0.4, -0.2) is 6.29 Å². The number of carbonyl (C=O) groups is 1. The van der Waals surface area contributed by atoms with Crippen LogP contribution in [0.4, 0.5) is 0 Å². The van der Waals surface area contributed by atoms with Gasteiger partial charge >= 0.3 is 41.1 Å². The van der Waals surface area contributed by atoms with E-state index in [1.165, 1.54) is 0 Å². The van der Waals surface area contributed by atoms with Crippen molar-refractivity contribution in [1.82, 2.24) is 0 Å². The Morgan fingerprint density at radius 3 is 2.25 bits per heavy atom. The molecule has 0 unspecified atom stereocenters. The fourth-order valence-corrected chi connectivity index (χ4v) is 0. The Morgan fingerprint density at radius 2 is 2.25 bits per heavy atom. The molecule has 0 rings (SSSR count). The Balaban J connectivity index is 2.30. The third kappa shape index (κ3) is 2.61. The summed E-state index contributed by atoms with van der Waals surface area (Å²) < 4.78 is 0.833. The molecule has 0 aromatic rings. The van der Waals surface area contributed by atoms with E-state index in [1.807, 2.05) is 0 Å². The Kier molecular flexibility index (Phi) is 4.15. The van der Waals surface area contributed by atoms with Crippen molar-refractivity contribution < 1.29 is 30.9 Å². The molecule has 0 aliphatic carbocycles. The third-order valence-electron chi connectivity index (χ3n) is 0.118. The van der Waals surface area contributed by atoms with E-state index in [1.54, 1.807) is 0 Å². The van der Waals surface area contributed by atoms with Crippen molar-refractivity contribution >= 4 is 6.29 Å². The molecule has 0 heterocycles. The fraction of sp³-hybridized carbons (Fsp3) is 0.500. The predicted molar refractivity (Wildman–Crippen MR) is 10.9 cm³/mol. The summed E-state index contributed by atoms with van der Waals surface area (Å²) in [7, 11) is 0. The monoisotopic (exact) mass is 245 g/mol. The Bertz CT molecular complexity index is 20.0. The van der Waals surface area contributed by atoms with Gasteiger partial charge in [0.15, 0.2) is 0 Å². The van der Waals surface area contributed by atoms with Crippen LogP contribution in [-0.2, 0) is 30.9 Å². The van der Waals surface area contributed by atoms with E-state index in [0.717, 1.165) is 10.2 Å². The summed E-state index contributed by atoms with van der Waals surface area (Å²) in [6.07, 6.45) is 0.961. The first-order valence-electron chi connectivity index (χ1n) is 1.14. The van der Waals surface area contributed by atoms with Gasteiger partial charge in [-0.05, 0) is 0 Å². The Morgan fingerprint density at radius 1 is 2.00 bits per heavy atom. The van der Waals surface area contributed by atoms with Crippen molar-refractivity contribution in [3.05, 3.63) is 0 Å². The second-order valence-corrected chi connectivity index (χ2v) is 2.70. The van der Waals surface area contributed by atoms with E-state index in [2.05, 4.69) is 0 Å². The van der Waals surface area contributed by atoms with Gasteiger partial charge in [0.1, 0.15) is 0 Å². The molecular formula is C2H3HgO. The predicted octanol–water partition coefficient (Wildman–Crippen LogP) is 0.150. The van der Waals surface area contributed by atoms with Gasteiger partial charge in [-0.25, -0.2) is 0 Å². The molecule has 0 saturated heterocycles. The van der Waals surface area contributed by atoms with Gasteiger partial charge in [0.05, 0.1) is 0 Å². The van der Waals surface area contributed by atoms with Crippen LogP contribution in [0.5, 0.6) is 0 Å². The van der Waals surface area contributed by atoms with Crippen LogP contribution in [0.15, 0.2) is 0 Å². The molecule has 0 radical (unpaired) electrons. The standard InChI is InChI=1S/C2H3O.Hg/c1-2-3;/h2H,1H2;. The van der Waals surface area contributed by atoms with Crippen molar-refractivity contribution in [2.75, 3.05) is 0 Å². The number of rotatable bonds is 1. The maximum atomic E-state index is 9.22. The summed E-state index contributed by atoms with van der Waals surface area (Å²) in [6.45, 7) is 0. The van der Waals surface area contributed by atoms with E-state index in [-0.39, 0.29) is 0 Å². The van der Waals surface area contributed by atoms with Gasteiger partial charge in [-0.2, -0.15) is 0 Å². The molecular weight excluding hydrogens is 241 g/mol. The van der Waals surface area contributed by atoms with Gasteiger partial charge < -0.3 is 0 Å². The van der Waals surface area contributed by atoms with Gasteiger partial charge in [-0.15, -0.1) is 0 Å². The zero-order valence-electron chi connectivity index (χ0n) is 2.40. The first kappa shape index (κ1) is 4.61. The van der Waals surface area contributed by atoms with Gasteiger partial charge in [-0.1, -0.05) is 0 Å². The minimum absolute atomic E-state index is 0.705. The first-order chi connectivity index (χ1) is 1.91. The Hall–Kier alpha value is 0.605. The van der Waals surface area contributed by atoms with Crippen molar-refractivity contribution in [3.8, 4) is 0 Å². The number of carbonyl (C=O) groups excluding carboxylic acids is 1. The minimum atomic E-state index is 0.705. The SMILES string of the molecule is O=C[CH2][Hg]. The van der Waals surface area contributed by atoms with E-state index < -0.39 is 0 Å². The molecule has 0 atom stereocenters. The average Bonchev–Trinajstić information content (AvgIpc) is 1.37. The van der Waals surface area contributed by atoms with Gasteiger partial charge in [0.2, 0.25) is 0 Å². The summed E-state index contributed by atoms with van der Waals surface area (Å²) in [4.78, 5) is 9.22. The maximum absolute atomic E-state index is 9.22. The van der Waals surface area contributed by atoms with Crippen molar-refractivity contribution in [1.29, 1.82) is 0 Å². The molecule has 0 aromatic heterocycles. The fourth-order valence-electron chi connectivity index (χ4n) is 0. The molecule has 4 heavy (non-hydrogen) atoms. The molecule has 0 fully saturated rings. The zero-order chi connectivity index (χ0) is 3.41. The summed E-state index contributed by atoms with van der Waals surface area (Å²) >= 11 is 0.705. The van der Waals surface area contributed by atoms with Crippen LogP contribution in [0.1, 0.15) is 0 Å². The molecule has 0 aliphatic rings. The van der Waals surface area contributed by atoms with Crippen LogP contribution >= 0.6 is 0 Å². The molecule has 0 aromatic carbocycles. The quantitative estimate of drug-likeness (QED) is 0.473. The third-order valence-corrected chi connectivity index (χ3v) is 1.03. The molecule has 0 spiro atoms. The number of aldehydes is 1. The topological polar surface area (TPSA) is 17.1 Å². The van der Waals surface area contributed by atoms with Gasteiger partial charge in [-0.3, -0.25) is 0 Å². The van der Waals surface area contributed by atoms with Crippen molar-refractivity contribution in [2.24, 2.45) is 0 Å². The zero-order valence-corrected chi connectivity index (χ0v) is 7.90. The molecule has 0 bridgehead atoms. The average molecular weight is 244 g/mol. The summed E-state index contributed by atoms with van der Waals surface area (Å²) in [6, 6.07) is 0. The van der Waals surface area contributed by atoms with Crippen LogP contribution in [0.3, 0.4) is 0 Å². The van der Waals surface area contributed by atoms with E-state index in [0.29, 0.717) is 26.1 Å². The molecule has 0 amide bonds. The van der Waals surface area contributed by atoms with Gasteiger partial charge in [0, 0.05) is 0 Å². The van der Waals surface area contributed by atoms with E-state index >= 15 is 0 Å². The van der Waals surface area contributed by atoms with Crippen LogP contribution in [0.2, 0.25) is 3.93 Å². The molecule has 0 saturated carbocycles. The molecule has 0 aliphatic heterocycles. The molecule has 19 valence electrons.